The molecular weight excluding hydrogens is 520 g/mol. The zero-order valence-corrected chi connectivity index (χ0v) is 23.5. The molecule has 0 amide bonds. The highest BCUT2D eigenvalue weighted by atomic mass is 19.4. The van der Waals surface area contributed by atoms with Crippen LogP contribution in [0, 0.1) is 23.2 Å². The van der Waals surface area contributed by atoms with Gasteiger partial charge in [-0.25, -0.2) is 0 Å². The topological polar surface area (TPSA) is 30.8 Å². The summed E-state index contributed by atoms with van der Waals surface area (Å²) >= 11 is 0. The maximum atomic E-state index is 14.7. The average Bonchev–Trinajstić information content (AvgIpc) is 2.85. The molecule has 4 fully saturated rings. The molecule has 4 rings (SSSR count). The molecule has 4 aliphatic rings. The minimum atomic E-state index is -5.35. The Hall–Kier alpha value is -0.830. The third-order valence-corrected chi connectivity index (χ3v) is 10.2. The molecule has 0 aliphatic heterocycles. The van der Waals surface area contributed by atoms with Crippen LogP contribution in [0.15, 0.2) is 4.99 Å². The van der Waals surface area contributed by atoms with Gasteiger partial charge in [0.2, 0.25) is 0 Å². The number of rotatable bonds is 7. The number of hydrogen-bond donors (Lipinski definition) is 0. The first-order valence-corrected chi connectivity index (χ1v) is 15.4. The fourth-order valence-electron chi connectivity index (χ4n) is 8.36. The lowest BCUT2D eigenvalue weighted by atomic mass is 9.57. The average molecular weight is 568 g/mol. The van der Waals surface area contributed by atoms with Crippen molar-refractivity contribution >= 4 is 6.21 Å². The van der Waals surface area contributed by atoms with E-state index in [1.807, 2.05) is 6.92 Å². The molecule has 0 spiro atoms. The molecule has 0 radical (unpaired) electrons. The van der Waals surface area contributed by atoms with E-state index in [4.69, 9.17) is 9.47 Å². The summed E-state index contributed by atoms with van der Waals surface area (Å²) in [6.07, 6.45) is -1.10. The van der Waals surface area contributed by atoms with E-state index in [0.29, 0.717) is 5.92 Å². The first kappa shape index (κ1) is 31.1. The van der Waals surface area contributed by atoms with Gasteiger partial charge in [0.05, 0.1) is 30.5 Å². The van der Waals surface area contributed by atoms with Crippen molar-refractivity contribution < 1.29 is 35.8 Å². The van der Waals surface area contributed by atoms with Gasteiger partial charge in [0.15, 0.2) is 5.41 Å². The minimum absolute atomic E-state index is 0.0218. The van der Waals surface area contributed by atoms with Crippen LogP contribution in [-0.2, 0) is 9.47 Å². The van der Waals surface area contributed by atoms with E-state index in [9.17, 15) is 26.3 Å². The Morgan fingerprint density at radius 1 is 0.590 bits per heavy atom. The summed E-state index contributed by atoms with van der Waals surface area (Å²) < 4.78 is 101. The van der Waals surface area contributed by atoms with Crippen LogP contribution >= 0.6 is 0 Å². The van der Waals surface area contributed by atoms with Crippen LogP contribution in [0.1, 0.15) is 117 Å². The summed E-state index contributed by atoms with van der Waals surface area (Å²) in [5, 5.41) is 0. The summed E-state index contributed by atoms with van der Waals surface area (Å²) in [5.41, 5.74) is -3.67. The number of hydrogen-bond acceptors (Lipinski definition) is 3. The molecule has 226 valence electrons. The second-order valence-corrected chi connectivity index (χ2v) is 12.8. The molecule has 39 heavy (non-hydrogen) atoms. The molecule has 4 atom stereocenters. The highest BCUT2D eigenvalue weighted by Gasteiger charge is 2.76. The van der Waals surface area contributed by atoms with Gasteiger partial charge in [0.25, 0.3) is 0 Å². The van der Waals surface area contributed by atoms with Crippen LogP contribution in [0.2, 0.25) is 0 Å². The lowest BCUT2D eigenvalue weighted by molar-refractivity contribution is -0.383. The van der Waals surface area contributed by atoms with E-state index in [1.54, 1.807) is 6.21 Å². The number of nitrogens with zero attached hydrogens (tertiary/aromatic N) is 1. The van der Waals surface area contributed by atoms with Crippen LogP contribution in [0.5, 0.6) is 0 Å². The molecule has 0 aromatic carbocycles. The zero-order chi connectivity index (χ0) is 28.3. The number of aliphatic imine (C=N–C) groups is 1. The SMILES string of the molecule is CC=NC1CCCC(OC2CCC(C(C3CCC(OC4CCCC(C)C4)CC3)(C(F)(F)F)C(F)(F)F)CC2)C1. The van der Waals surface area contributed by atoms with E-state index in [2.05, 4.69) is 11.9 Å². The predicted octanol–water partition coefficient (Wildman–Crippen LogP) is 9.23. The minimum Gasteiger partial charge on any atom is -0.375 e. The zero-order valence-electron chi connectivity index (χ0n) is 23.5. The number of ether oxygens (including phenoxy) is 2. The molecule has 3 nitrogen and oxygen atoms in total. The van der Waals surface area contributed by atoms with E-state index in [-0.39, 0.29) is 81.8 Å². The van der Waals surface area contributed by atoms with Gasteiger partial charge in [-0.3, -0.25) is 4.99 Å². The molecule has 0 saturated heterocycles. The number of alkyl halides is 6. The van der Waals surface area contributed by atoms with Gasteiger partial charge in [-0.15, -0.1) is 0 Å². The highest BCUT2D eigenvalue weighted by molar-refractivity contribution is 5.53. The Bertz CT molecular complexity index is 769. The molecule has 0 heterocycles. The summed E-state index contributed by atoms with van der Waals surface area (Å²) in [6, 6.07) is 0.189. The van der Waals surface area contributed by atoms with Crippen molar-refractivity contribution in [1.29, 1.82) is 0 Å². The monoisotopic (exact) mass is 567 g/mol. The lowest BCUT2D eigenvalue weighted by Crippen LogP contribution is -2.61. The van der Waals surface area contributed by atoms with Crippen LogP contribution in [-0.4, -0.2) is 49.0 Å². The Balaban J connectivity index is 1.40. The van der Waals surface area contributed by atoms with Crippen LogP contribution < -0.4 is 0 Å². The summed E-state index contributed by atoms with van der Waals surface area (Å²) in [6.45, 7) is 4.04. The smallest absolute Gasteiger partial charge is 0.375 e. The van der Waals surface area contributed by atoms with E-state index in [0.717, 1.165) is 51.4 Å². The van der Waals surface area contributed by atoms with Gasteiger partial charge >= 0.3 is 12.4 Å². The Kier molecular flexibility index (Phi) is 10.4. The largest absolute Gasteiger partial charge is 0.403 e. The molecule has 4 saturated carbocycles. The molecule has 4 unspecified atom stereocenters. The van der Waals surface area contributed by atoms with Crippen molar-refractivity contribution in [2.75, 3.05) is 0 Å². The molecule has 0 aromatic rings. The van der Waals surface area contributed by atoms with E-state index < -0.39 is 29.6 Å². The Labute approximate surface area is 229 Å². The van der Waals surface area contributed by atoms with Crippen molar-refractivity contribution in [3.63, 3.8) is 0 Å². The first-order valence-electron chi connectivity index (χ1n) is 15.4. The molecule has 4 aliphatic carbocycles. The second-order valence-electron chi connectivity index (χ2n) is 12.8. The first-order chi connectivity index (χ1) is 18.4. The van der Waals surface area contributed by atoms with Crippen molar-refractivity contribution in [2.45, 2.75) is 159 Å². The van der Waals surface area contributed by atoms with Gasteiger partial charge in [-0.2, -0.15) is 26.3 Å². The lowest BCUT2D eigenvalue weighted by Gasteiger charge is -2.51. The summed E-state index contributed by atoms with van der Waals surface area (Å²) in [4.78, 5) is 4.45. The third-order valence-electron chi connectivity index (χ3n) is 10.2. The maximum absolute atomic E-state index is 14.7. The van der Waals surface area contributed by atoms with Crippen molar-refractivity contribution in [3.05, 3.63) is 0 Å². The molecule has 0 N–H and O–H groups in total. The Morgan fingerprint density at radius 3 is 1.49 bits per heavy atom. The van der Waals surface area contributed by atoms with Crippen LogP contribution in [0.25, 0.3) is 0 Å². The van der Waals surface area contributed by atoms with Gasteiger partial charge in [0.1, 0.15) is 0 Å². The molecule has 0 aromatic heterocycles. The predicted molar refractivity (Wildman–Crippen MR) is 140 cm³/mol. The van der Waals surface area contributed by atoms with Crippen LogP contribution in [0.4, 0.5) is 26.3 Å². The van der Waals surface area contributed by atoms with Crippen molar-refractivity contribution in [2.24, 2.45) is 28.2 Å². The maximum Gasteiger partial charge on any atom is 0.403 e. The van der Waals surface area contributed by atoms with Crippen molar-refractivity contribution in [3.8, 4) is 0 Å². The number of halogens is 6. The second kappa shape index (κ2) is 13.0. The molecule has 9 heteroatoms. The summed E-state index contributed by atoms with van der Waals surface area (Å²) in [5.74, 6) is -2.38. The van der Waals surface area contributed by atoms with Gasteiger partial charge in [-0.05, 0) is 121 Å². The normalized spacial score (nSPS) is 37.7. The Morgan fingerprint density at radius 2 is 1.05 bits per heavy atom. The fraction of sp³-hybridized carbons (Fsp3) is 0.967. The fourth-order valence-corrected chi connectivity index (χ4v) is 8.36. The van der Waals surface area contributed by atoms with Gasteiger partial charge in [0, 0.05) is 0 Å². The van der Waals surface area contributed by atoms with E-state index in [1.165, 1.54) is 0 Å². The highest BCUT2D eigenvalue weighted by Crippen LogP contribution is 2.65. The molecular formula is C30H47F6NO2. The quantitative estimate of drug-likeness (QED) is 0.227. The standard InChI is InChI=1S/C30H47F6NO2/c1-3-37-23-7-5-9-27(19-23)39-25-16-12-22(13-17-25)28(29(31,32)33,30(34,35)36)21-10-14-24(15-11-21)38-26-8-4-6-20(2)18-26/h3,20-27H,4-19H2,1-2H3. The van der Waals surface area contributed by atoms with Gasteiger partial charge in [-0.1, -0.05) is 19.8 Å². The molecule has 0 bridgehead atoms. The van der Waals surface area contributed by atoms with E-state index >= 15 is 0 Å². The van der Waals surface area contributed by atoms with Gasteiger partial charge < -0.3 is 9.47 Å². The third kappa shape index (κ3) is 7.15. The van der Waals surface area contributed by atoms with Crippen molar-refractivity contribution in [1.82, 2.24) is 0 Å². The van der Waals surface area contributed by atoms with Crippen LogP contribution in [0.3, 0.4) is 0 Å². The summed E-state index contributed by atoms with van der Waals surface area (Å²) in [7, 11) is 0.